The Morgan fingerprint density at radius 1 is 1.22 bits per heavy atom. The van der Waals surface area contributed by atoms with Crippen LogP contribution in [0.25, 0.3) is 0 Å². The van der Waals surface area contributed by atoms with Gasteiger partial charge in [0.2, 0.25) is 0 Å². The number of guanidine groups is 1. The smallest absolute Gasteiger partial charge is 0.259 e. The van der Waals surface area contributed by atoms with Crippen molar-refractivity contribution in [1.29, 1.82) is 0 Å². The van der Waals surface area contributed by atoms with Crippen molar-refractivity contribution in [3.63, 3.8) is 0 Å². The summed E-state index contributed by atoms with van der Waals surface area (Å²) >= 11 is 0. The van der Waals surface area contributed by atoms with Gasteiger partial charge in [0, 0.05) is 20.6 Å². The van der Waals surface area contributed by atoms with E-state index in [0.717, 1.165) is 17.9 Å². The Bertz CT molecular complexity index is 718. The summed E-state index contributed by atoms with van der Waals surface area (Å²) < 4.78 is 10.8. The molecule has 0 unspecified atom stereocenters. The number of halogens is 1. The summed E-state index contributed by atoms with van der Waals surface area (Å²) in [6, 6.07) is 11.4. The number of ether oxygens (including phenoxy) is 1. The normalized spacial score (nSPS) is 10.7. The largest absolute Gasteiger partial charge is 0.484 e. The molecule has 0 aliphatic carbocycles. The molecule has 0 saturated carbocycles. The lowest BCUT2D eigenvalue weighted by Crippen LogP contribution is -2.36. The summed E-state index contributed by atoms with van der Waals surface area (Å²) in [7, 11) is 3.41. The zero-order chi connectivity index (χ0) is 18.8. The first-order valence-corrected chi connectivity index (χ1v) is 8.55. The minimum Gasteiger partial charge on any atom is -0.484 e. The van der Waals surface area contributed by atoms with Gasteiger partial charge in [-0.2, -0.15) is 0 Å². The van der Waals surface area contributed by atoms with Crippen LogP contribution in [0.5, 0.6) is 5.75 Å². The molecule has 1 amide bonds. The molecule has 2 N–H and O–H groups in total. The molecule has 1 heterocycles. The highest BCUT2D eigenvalue weighted by atomic mass is 127. The summed E-state index contributed by atoms with van der Waals surface area (Å²) in [4.78, 5) is 17.7. The molecule has 2 aromatic rings. The molecule has 8 heteroatoms. The molecule has 0 aliphatic heterocycles. The van der Waals surface area contributed by atoms with Gasteiger partial charge in [-0.1, -0.05) is 12.1 Å². The SMILES string of the molecule is CCNC(=NCc1cccc(OCC(=O)N(C)C)c1)NCc1ccco1.I. The summed E-state index contributed by atoms with van der Waals surface area (Å²) in [5.41, 5.74) is 0.995. The van der Waals surface area contributed by atoms with Gasteiger partial charge in [-0.3, -0.25) is 4.79 Å². The number of hydrogen-bond donors (Lipinski definition) is 2. The van der Waals surface area contributed by atoms with Crippen molar-refractivity contribution in [2.75, 3.05) is 27.2 Å². The van der Waals surface area contributed by atoms with Gasteiger partial charge < -0.3 is 24.7 Å². The van der Waals surface area contributed by atoms with Crippen LogP contribution in [0.1, 0.15) is 18.2 Å². The van der Waals surface area contributed by atoms with E-state index in [1.54, 1.807) is 20.4 Å². The first kappa shape index (κ1) is 22.8. The van der Waals surface area contributed by atoms with Crippen molar-refractivity contribution in [2.24, 2.45) is 4.99 Å². The van der Waals surface area contributed by atoms with E-state index >= 15 is 0 Å². The zero-order valence-electron chi connectivity index (χ0n) is 15.9. The molecule has 148 valence electrons. The third-order valence-corrected chi connectivity index (χ3v) is 3.53. The maximum atomic E-state index is 11.6. The third kappa shape index (κ3) is 8.33. The van der Waals surface area contributed by atoms with Crippen LogP contribution in [0.15, 0.2) is 52.1 Å². The number of hydrogen-bond acceptors (Lipinski definition) is 4. The van der Waals surface area contributed by atoms with E-state index in [4.69, 9.17) is 9.15 Å². The minimum atomic E-state index is -0.0787. The van der Waals surface area contributed by atoms with Crippen LogP contribution < -0.4 is 15.4 Å². The molecule has 7 nitrogen and oxygen atoms in total. The molecule has 0 atom stereocenters. The van der Waals surface area contributed by atoms with E-state index in [-0.39, 0.29) is 36.5 Å². The zero-order valence-corrected chi connectivity index (χ0v) is 18.2. The Kier molecular flexibility index (Phi) is 10.3. The van der Waals surface area contributed by atoms with Crippen LogP contribution in [-0.4, -0.2) is 44.0 Å². The first-order chi connectivity index (χ1) is 12.6. The molecule has 0 aliphatic rings. The number of carbonyl (C=O) groups excluding carboxylic acids is 1. The van der Waals surface area contributed by atoms with Crippen molar-refractivity contribution >= 4 is 35.8 Å². The standard InChI is InChI=1S/C19H26N4O3.HI/c1-4-20-19(22-13-17-9-6-10-25-17)21-12-15-7-5-8-16(11-15)26-14-18(24)23(2)3;/h5-11H,4,12-14H2,1-3H3,(H2,20,21,22);1H. The highest BCUT2D eigenvalue weighted by Gasteiger charge is 2.05. The predicted octanol–water partition coefficient (Wildman–Crippen LogP) is 2.62. The quantitative estimate of drug-likeness (QED) is 0.341. The summed E-state index contributed by atoms with van der Waals surface area (Å²) in [6.45, 7) is 3.86. The van der Waals surface area contributed by atoms with Gasteiger partial charge >= 0.3 is 0 Å². The highest BCUT2D eigenvalue weighted by Crippen LogP contribution is 2.14. The van der Waals surface area contributed by atoms with Crippen molar-refractivity contribution in [3.05, 3.63) is 54.0 Å². The average molecular weight is 486 g/mol. The number of aliphatic imine (C=N–C) groups is 1. The van der Waals surface area contributed by atoms with Crippen molar-refractivity contribution in [2.45, 2.75) is 20.0 Å². The van der Waals surface area contributed by atoms with Gasteiger partial charge in [0.1, 0.15) is 11.5 Å². The first-order valence-electron chi connectivity index (χ1n) is 8.55. The predicted molar refractivity (Wildman–Crippen MR) is 116 cm³/mol. The van der Waals surface area contributed by atoms with E-state index in [0.29, 0.717) is 24.8 Å². The van der Waals surface area contributed by atoms with Gasteiger partial charge in [-0.05, 0) is 36.8 Å². The third-order valence-electron chi connectivity index (χ3n) is 3.53. The molecule has 0 saturated heterocycles. The maximum Gasteiger partial charge on any atom is 0.259 e. The van der Waals surface area contributed by atoms with E-state index in [1.165, 1.54) is 4.90 Å². The second-order valence-corrected chi connectivity index (χ2v) is 5.85. The number of carbonyl (C=O) groups is 1. The summed E-state index contributed by atoms with van der Waals surface area (Å²) in [5.74, 6) is 2.13. The maximum absolute atomic E-state index is 11.6. The molecule has 0 bridgehead atoms. The Labute approximate surface area is 177 Å². The van der Waals surface area contributed by atoms with Gasteiger partial charge in [0.25, 0.3) is 5.91 Å². The second-order valence-electron chi connectivity index (χ2n) is 5.85. The number of benzene rings is 1. The Morgan fingerprint density at radius 2 is 2.04 bits per heavy atom. The van der Waals surface area contributed by atoms with Crippen LogP contribution >= 0.6 is 24.0 Å². The van der Waals surface area contributed by atoms with Gasteiger partial charge in [0.15, 0.2) is 12.6 Å². The van der Waals surface area contributed by atoms with Crippen LogP contribution in [0.2, 0.25) is 0 Å². The number of amides is 1. The lowest BCUT2D eigenvalue weighted by Gasteiger charge is -2.12. The number of furan rings is 1. The van der Waals surface area contributed by atoms with Gasteiger partial charge in [-0.15, -0.1) is 24.0 Å². The van der Waals surface area contributed by atoms with Crippen molar-refractivity contribution < 1.29 is 13.9 Å². The number of nitrogens with one attached hydrogen (secondary N) is 2. The molecule has 1 aromatic heterocycles. The molecule has 1 aromatic carbocycles. The Hall–Kier alpha value is -2.23. The Morgan fingerprint density at radius 3 is 2.70 bits per heavy atom. The van der Waals surface area contributed by atoms with Crippen LogP contribution in [0.3, 0.4) is 0 Å². The highest BCUT2D eigenvalue weighted by molar-refractivity contribution is 14.0. The molecule has 0 radical (unpaired) electrons. The molecular weight excluding hydrogens is 459 g/mol. The molecule has 27 heavy (non-hydrogen) atoms. The van der Waals surface area contributed by atoms with E-state index < -0.39 is 0 Å². The van der Waals surface area contributed by atoms with Crippen molar-refractivity contribution in [1.82, 2.24) is 15.5 Å². The number of nitrogens with zero attached hydrogens (tertiary/aromatic N) is 2. The van der Waals surface area contributed by atoms with Gasteiger partial charge in [-0.25, -0.2) is 4.99 Å². The monoisotopic (exact) mass is 486 g/mol. The van der Waals surface area contributed by atoms with E-state index in [2.05, 4.69) is 15.6 Å². The van der Waals surface area contributed by atoms with Crippen LogP contribution in [0, 0.1) is 0 Å². The number of rotatable bonds is 8. The average Bonchev–Trinajstić information content (AvgIpc) is 3.16. The molecule has 2 rings (SSSR count). The summed E-state index contributed by atoms with van der Waals surface area (Å²) in [6.07, 6.45) is 1.65. The minimum absolute atomic E-state index is 0. The van der Waals surface area contributed by atoms with E-state index in [1.807, 2.05) is 43.3 Å². The number of likely N-dealkylation sites (N-methyl/N-ethyl adjacent to an activating group) is 1. The fourth-order valence-electron chi connectivity index (χ4n) is 2.10. The van der Waals surface area contributed by atoms with Crippen LogP contribution in [-0.2, 0) is 17.9 Å². The topological polar surface area (TPSA) is 79.1 Å². The fourth-order valence-corrected chi connectivity index (χ4v) is 2.10. The lowest BCUT2D eigenvalue weighted by molar-refractivity contribution is -0.130. The Balaban J connectivity index is 0.00000364. The molecule has 0 spiro atoms. The lowest BCUT2D eigenvalue weighted by atomic mass is 10.2. The van der Waals surface area contributed by atoms with E-state index in [9.17, 15) is 4.79 Å². The second kappa shape index (κ2) is 12.2. The molecule has 0 fully saturated rings. The van der Waals surface area contributed by atoms with Gasteiger partial charge in [0.05, 0.1) is 19.4 Å². The summed E-state index contributed by atoms with van der Waals surface area (Å²) in [5, 5.41) is 6.42. The fraction of sp³-hybridized carbons (Fsp3) is 0.368. The van der Waals surface area contributed by atoms with Crippen LogP contribution in [0.4, 0.5) is 0 Å². The van der Waals surface area contributed by atoms with Crippen molar-refractivity contribution in [3.8, 4) is 5.75 Å². The molecular formula is C19H27IN4O3.